The summed E-state index contributed by atoms with van der Waals surface area (Å²) in [6.07, 6.45) is -0.367. The van der Waals surface area contributed by atoms with Gasteiger partial charge in [0.15, 0.2) is 5.78 Å². The average molecular weight is 483 g/mol. The van der Waals surface area contributed by atoms with Gasteiger partial charge in [-0.15, -0.1) is 0 Å². The first-order valence-electron chi connectivity index (χ1n) is 12.1. The second kappa shape index (κ2) is 10.7. The molecular formula is C30H30N2O4. The zero-order valence-electron chi connectivity index (χ0n) is 20.8. The molecule has 0 unspecified atom stereocenters. The van der Waals surface area contributed by atoms with Crippen molar-refractivity contribution in [3.8, 4) is 0 Å². The molecule has 6 nitrogen and oxygen atoms in total. The van der Waals surface area contributed by atoms with Gasteiger partial charge < -0.3 is 4.74 Å². The monoisotopic (exact) mass is 482 g/mol. The van der Waals surface area contributed by atoms with Crippen LogP contribution >= 0.6 is 0 Å². The van der Waals surface area contributed by atoms with E-state index in [4.69, 9.17) is 4.74 Å². The number of esters is 1. The highest BCUT2D eigenvalue weighted by molar-refractivity contribution is 6.21. The molecule has 0 aliphatic carbocycles. The number of carbonyl (C=O) groups excluding carboxylic acids is 3. The van der Waals surface area contributed by atoms with Gasteiger partial charge in [0.2, 0.25) is 0 Å². The van der Waals surface area contributed by atoms with Crippen LogP contribution in [0.1, 0.15) is 43.1 Å². The van der Waals surface area contributed by atoms with Crippen molar-refractivity contribution in [2.75, 3.05) is 5.01 Å². The number of amides is 1. The molecule has 1 heterocycles. The van der Waals surface area contributed by atoms with E-state index < -0.39 is 23.4 Å². The van der Waals surface area contributed by atoms with Crippen LogP contribution in [0.2, 0.25) is 0 Å². The summed E-state index contributed by atoms with van der Waals surface area (Å²) in [6, 6.07) is 27.4. The molecule has 1 amide bonds. The first-order chi connectivity index (χ1) is 17.3. The van der Waals surface area contributed by atoms with E-state index in [1.165, 1.54) is 5.01 Å². The summed E-state index contributed by atoms with van der Waals surface area (Å²) in [4.78, 5) is 41.3. The molecule has 0 radical (unpaired) electrons. The molecule has 0 bridgehead atoms. The molecular weight excluding hydrogens is 452 g/mol. The predicted molar refractivity (Wildman–Crippen MR) is 140 cm³/mol. The summed E-state index contributed by atoms with van der Waals surface area (Å²) < 4.78 is 5.65. The van der Waals surface area contributed by atoms with Gasteiger partial charge >= 0.3 is 5.97 Å². The molecule has 1 aliphatic heterocycles. The van der Waals surface area contributed by atoms with E-state index in [-0.39, 0.29) is 24.5 Å². The topological polar surface area (TPSA) is 76.0 Å². The van der Waals surface area contributed by atoms with Crippen molar-refractivity contribution in [2.24, 2.45) is 16.4 Å². The van der Waals surface area contributed by atoms with Crippen molar-refractivity contribution in [3.63, 3.8) is 0 Å². The quantitative estimate of drug-likeness (QED) is 0.299. The van der Waals surface area contributed by atoms with Crippen LogP contribution in [0, 0.1) is 11.3 Å². The lowest BCUT2D eigenvalue weighted by Crippen LogP contribution is -2.51. The predicted octanol–water partition coefficient (Wildman–Crippen LogP) is 5.48. The number of hydrogen-bond acceptors (Lipinski definition) is 5. The van der Waals surface area contributed by atoms with Crippen LogP contribution in [-0.4, -0.2) is 29.5 Å². The number of nitrogens with zero attached hydrogens (tertiary/aromatic N) is 2. The largest absolute Gasteiger partial charge is 0.463 e. The van der Waals surface area contributed by atoms with E-state index in [1.54, 1.807) is 57.2 Å². The van der Waals surface area contributed by atoms with Gasteiger partial charge in [-0.3, -0.25) is 14.4 Å². The van der Waals surface area contributed by atoms with Crippen LogP contribution in [0.5, 0.6) is 0 Å². The van der Waals surface area contributed by atoms with Gasteiger partial charge in [-0.25, -0.2) is 0 Å². The molecule has 0 fully saturated rings. The Bertz CT molecular complexity index is 1260. The Kier molecular flexibility index (Phi) is 7.44. The molecule has 0 saturated heterocycles. The molecule has 3 aromatic carbocycles. The third-order valence-corrected chi connectivity index (χ3v) is 6.51. The molecule has 1 aliphatic rings. The Morgan fingerprint density at radius 1 is 0.889 bits per heavy atom. The van der Waals surface area contributed by atoms with Crippen LogP contribution < -0.4 is 5.01 Å². The van der Waals surface area contributed by atoms with Crippen LogP contribution in [0.25, 0.3) is 0 Å². The maximum absolute atomic E-state index is 14.3. The zero-order valence-corrected chi connectivity index (χ0v) is 20.8. The van der Waals surface area contributed by atoms with Gasteiger partial charge in [0.05, 0.1) is 23.4 Å². The van der Waals surface area contributed by atoms with E-state index in [0.29, 0.717) is 17.0 Å². The molecule has 0 N–H and O–H groups in total. The van der Waals surface area contributed by atoms with Gasteiger partial charge in [-0.2, -0.15) is 10.1 Å². The molecule has 2 atom stereocenters. The number of ether oxygens (including phenoxy) is 1. The SMILES string of the molecule is CC1=NN(c2ccccc2)C(=O)[C@@]1(Cc1ccccc1)[C@@H](CC(=O)c1ccccc1)C(=O)OC(C)C. The fourth-order valence-corrected chi connectivity index (χ4v) is 4.72. The van der Waals surface area contributed by atoms with Gasteiger partial charge in [0.25, 0.3) is 5.91 Å². The smallest absolute Gasteiger partial charge is 0.311 e. The molecule has 4 rings (SSSR count). The molecule has 0 aromatic heterocycles. The van der Waals surface area contributed by atoms with Crippen LogP contribution in [0.3, 0.4) is 0 Å². The highest BCUT2D eigenvalue weighted by Gasteiger charge is 2.58. The maximum atomic E-state index is 14.3. The van der Waals surface area contributed by atoms with Crippen molar-refractivity contribution in [1.82, 2.24) is 0 Å². The molecule has 0 spiro atoms. The second-order valence-corrected chi connectivity index (χ2v) is 9.30. The summed E-state index contributed by atoms with van der Waals surface area (Å²) >= 11 is 0. The number of carbonyl (C=O) groups is 3. The average Bonchev–Trinajstić information content (AvgIpc) is 3.13. The number of hydrogen-bond donors (Lipinski definition) is 0. The normalized spacial score (nSPS) is 18.2. The van der Waals surface area contributed by atoms with Crippen molar-refractivity contribution in [1.29, 1.82) is 0 Å². The van der Waals surface area contributed by atoms with Crippen molar-refractivity contribution >= 4 is 29.1 Å². The Labute approximate surface area is 211 Å². The summed E-state index contributed by atoms with van der Waals surface area (Å²) in [5.74, 6) is -2.21. The fraction of sp³-hybridized carbons (Fsp3) is 0.267. The van der Waals surface area contributed by atoms with Crippen molar-refractivity contribution in [3.05, 3.63) is 102 Å². The Hall–Kier alpha value is -4.06. The van der Waals surface area contributed by atoms with Gasteiger partial charge in [-0.05, 0) is 44.9 Å². The van der Waals surface area contributed by atoms with Gasteiger partial charge in [0, 0.05) is 12.0 Å². The van der Waals surface area contributed by atoms with Crippen LogP contribution in [0.4, 0.5) is 5.69 Å². The first-order valence-corrected chi connectivity index (χ1v) is 12.1. The third kappa shape index (κ3) is 4.98. The maximum Gasteiger partial charge on any atom is 0.311 e. The number of anilines is 1. The van der Waals surface area contributed by atoms with E-state index in [0.717, 1.165) is 5.56 Å². The zero-order chi connectivity index (χ0) is 25.7. The van der Waals surface area contributed by atoms with Gasteiger partial charge in [0.1, 0.15) is 5.41 Å². The van der Waals surface area contributed by atoms with Gasteiger partial charge in [-0.1, -0.05) is 78.9 Å². The number of hydrazone groups is 1. The van der Waals surface area contributed by atoms with E-state index >= 15 is 0 Å². The number of ketones is 1. The molecule has 6 heteroatoms. The summed E-state index contributed by atoms with van der Waals surface area (Å²) in [6.45, 7) is 5.27. The standard InChI is InChI=1S/C30H30N2O4/c1-21(2)36-28(34)26(19-27(33)24-15-9-5-10-16-24)30(20-23-13-7-4-8-14-23)22(3)31-32(29(30)35)25-17-11-6-12-18-25/h4-18,21,26H,19-20H2,1-3H3/t26-,30+/m0/s1. The highest BCUT2D eigenvalue weighted by Crippen LogP contribution is 2.44. The lowest BCUT2D eigenvalue weighted by molar-refractivity contribution is -0.158. The summed E-state index contributed by atoms with van der Waals surface area (Å²) in [5, 5.41) is 5.98. The molecule has 0 saturated carbocycles. The Morgan fingerprint density at radius 3 is 2.03 bits per heavy atom. The molecule has 3 aromatic rings. The number of para-hydroxylation sites is 1. The van der Waals surface area contributed by atoms with Crippen LogP contribution in [-0.2, 0) is 20.7 Å². The first kappa shape index (κ1) is 25.0. The van der Waals surface area contributed by atoms with E-state index in [1.807, 2.05) is 54.6 Å². The van der Waals surface area contributed by atoms with Crippen molar-refractivity contribution in [2.45, 2.75) is 39.7 Å². The molecule has 36 heavy (non-hydrogen) atoms. The minimum atomic E-state index is -1.38. The number of rotatable bonds is 9. The Morgan fingerprint density at radius 2 is 1.44 bits per heavy atom. The number of benzene rings is 3. The summed E-state index contributed by atoms with van der Waals surface area (Å²) in [5.41, 5.74) is 1.04. The lowest BCUT2D eigenvalue weighted by Gasteiger charge is -2.35. The minimum Gasteiger partial charge on any atom is -0.463 e. The Balaban J connectivity index is 1.84. The van der Waals surface area contributed by atoms with E-state index in [2.05, 4.69) is 5.10 Å². The fourth-order valence-electron chi connectivity index (χ4n) is 4.72. The minimum absolute atomic E-state index is 0.177. The number of Topliss-reactive ketones (excluding diaryl/α,β-unsaturated/α-hetero) is 1. The lowest BCUT2D eigenvalue weighted by atomic mass is 9.66. The second-order valence-electron chi connectivity index (χ2n) is 9.30. The third-order valence-electron chi connectivity index (χ3n) is 6.51. The highest BCUT2D eigenvalue weighted by atomic mass is 16.5. The van der Waals surface area contributed by atoms with Crippen LogP contribution in [0.15, 0.2) is 96.1 Å². The van der Waals surface area contributed by atoms with Crippen molar-refractivity contribution < 1.29 is 19.1 Å². The molecule has 184 valence electrons. The summed E-state index contributed by atoms with van der Waals surface area (Å²) in [7, 11) is 0. The van der Waals surface area contributed by atoms with E-state index in [9.17, 15) is 14.4 Å².